The van der Waals surface area contributed by atoms with E-state index in [0.717, 1.165) is 17.4 Å². The van der Waals surface area contributed by atoms with Gasteiger partial charge in [0, 0.05) is 11.8 Å². The minimum atomic E-state index is 0.174. The number of pyridine rings is 1. The van der Waals surface area contributed by atoms with Crippen LogP contribution in [0.5, 0.6) is 0 Å². The molecule has 1 aliphatic carbocycles. The van der Waals surface area contributed by atoms with Crippen molar-refractivity contribution in [3.05, 3.63) is 70.6 Å². The van der Waals surface area contributed by atoms with E-state index >= 15 is 0 Å². The van der Waals surface area contributed by atoms with Gasteiger partial charge < -0.3 is 0 Å². The molecule has 29 heavy (non-hydrogen) atoms. The van der Waals surface area contributed by atoms with Crippen LogP contribution in [0.25, 0.3) is 5.57 Å². The molecule has 0 aliphatic heterocycles. The summed E-state index contributed by atoms with van der Waals surface area (Å²) < 4.78 is 0. The van der Waals surface area contributed by atoms with Gasteiger partial charge >= 0.3 is 0 Å². The molecular weight excluding hydrogens is 354 g/mol. The topological polar surface area (TPSA) is 30.0 Å². The minimum absolute atomic E-state index is 0.174. The lowest BCUT2D eigenvalue weighted by Gasteiger charge is -2.42. The summed E-state index contributed by atoms with van der Waals surface area (Å²) in [4.78, 5) is 15.0. The molecule has 158 valence electrons. The SMILES string of the molecule is C=C(c1ccc(C=O)nc1)c1cc2c(cc1C)C(C)(C)CCC2(C)C.CC.CC. The second-order valence-electron chi connectivity index (χ2n) is 8.55. The van der Waals surface area contributed by atoms with Gasteiger partial charge in [0.15, 0.2) is 6.29 Å². The molecule has 2 heteroatoms. The lowest BCUT2D eigenvalue weighted by molar-refractivity contribution is 0.111. The Morgan fingerprint density at radius 1 is 0.966 bits per heavy atom. The van der Waals surface area contributed by atoms with E-state index in [9.17, 15) is 4.79 Å². The van der Waals surface area contributed by atoms with Crippen molar-refractivity contribution in [3.63, 3.8) is 0 Å². The molecule has 1 aromatic heterocycles. The Bertz CT molecular complexity index is 842. The highest BCUT2D eigenvalue weighted by atomic mass is 16.1. The zero-order valence-electron chi connectivity index (χ0n) is 19.9. The molecule has 1 heterocycles. The Morgan fingerprint density at radius 3 is 1.93 bits per heavy atom. The molecular formula is C27H39NO. The number of aryl methyl sites for hydroxylation is 1. The molecule has 2 aromatic rings. The van der Waals surface area contributed by atoms with E-state index < -0.39 is 0 Å². The third kappa shape index (κ3) is 5.23. The van der Waals surface area contributed by atoms with Crippen LogP contribution in [0.1, 0.15) is 107 Å². The predicted octanol–water partition coefficient (Wildman–Crippen LogP) is 7.67. The zero-order valence-corrected chi connectivity index (χ0v) is 19.9. The fourth-order valence-corrected chi connectivity index (χ4v) is 3.86. The van der Waals surface area contributed by atoms with E-state index in [4.69, 9.17) is 0 Å². The first-order chi connectivity index (χ1) is 13.7. The normalized spacial score (nSPS) is 15.6. The third-order valence-electron chi connectivity index (χ3n) is 5.78. The highest BCUT2D eigenvalue weighted by molar-refractivity contribution is 5.81. The van der Waals surface area contributed by atoms with Crippen LogP contribution in [-0.2, 0) is 10.8 Å². The maximum Gasteiger partial charge on any atom is 0.168 e. The van der Waals surface area contributed by atoms with Gasteiger partial charge in [0.1, 0.15) is 5.69 Å². The first-order valence-corrected chi connectivity index (χ1v) is 10.9. The van der Waals surface area contributed by atoms with Crippen molar-refractivity contribution >= 4 is 11.9 Å². The Morgan fingerprint density at radius 2 is 1.48 bits per heavy atom. The van der Waals surface area contributed by atoms with E-state index in [1.807, 2.05) is 33.8 Å². The molecule has 0 N–H and O–H groups in total. The van der Waals surface area contributed by atoms with Gasteiger partial charge in [0.05, 0.1) is 0 Å². The van der Waals surface area contributed by atoms with Gasteiger partial charge in [0.2, 0.25) is 0 Å². The number of nitrogens with zero attached hydrogens (tertiary/aromatic N) is 1. The van der Waals surface area contributed by atoms with Gasteiger partial charge in [-0.05, 0) is 64.5 Å². The lowest BCUT2D eigenvalue weighted by atomic mass is 9.62. The minimum Gasteiger partial charge on any atom is -0.296 e. The maximum absolute atomic E-state index is 10.8. The number of fused-ring (bicyclic) bond motifs is 1. The molecule has 1 aromatic carbocycles. The van der Waals surface area contributed by atoms with Gasteiger partial charge in [-0.2, -0.15) is 0 Å². The van der Waals surface area contributed by atoms with Crippen molar-refractivity contribution in [1.82, 2.24) is 4.98 Å². The zero-order chi connectivity index (χ0) is 22.4. The van der Waals surface area contributed by atoms with E-state index in [2.05, 4.69) is 58.3 Å². The van der Waals surface area contributed by atoms with Crippen molar-refractivity contribution < 1.29 is 4.79 Å². The summed E-state index contributed by atoms with van der Waals surface area (Å²) >= 11 is 0. The number of benzene rings is 1. The molecule has 1 aliphatic rings. The molecule has 0 radical (unpaired) electrons. The smallest absolute Gasteiger partial charge is 0.168 e. The summed E-state index contributed by atoms with van der Waals surface area (Å²) in [5.41, 5.74) is 8.07. The summed E-state index contributed by atoms with van der Waals surface area (Å²) in [5, 5.41) is 0. The highest BCUT2D eigenvalue weighted by Crippen LogP contribution is 2.47. The molecule has 0 fully saturated rings. The summed E-state index contributed by atoms with van der Waals surface area (Å²) in [6.45, 7) is 23.8. The molecule has 0 saturated carbocycles. The summed E-state index contributed by atoms with van der Waals surface area (Å²) in [5.74, 6) is 0. The summed E-state index contributed by atoms with van der Waals surface area (Å²) in [6, 6.07) is 8.35. The van der Waals surface area contributed by atoms with E-state index in [-0.39, 0.29) is 10.8 Å². The Kier molecular flexibility index (Phi) is 8.56. The average molecular weight is 394 g/mol. The monoisotopic (exact) mass is 393 g/mol. The number of rotatable bonds is 3. The van der Waals surface area contributed by atoms with Crippen LogP contribution in [0.4, 0.5) is 0 Å². The van der Waals surface area contributed by atoms with Gasteiger partial charge in [-0.15, -0.1) is 0 Å². The largest absolute Gasteiger partial charge is 0.296 e. The average Bonchev–Trinajstić information content (AvgIpc) is 2.74. The molecule has 0 amide bonds. The second kappa shape index (κ2) is 10.0. The number of aromatic nitrogens is 1. The van der Waals surface area contributed by atoms with Gasteiger partial charge in [-0.1, -0.05) is 80.2 Å². The van der Waals surface area contributed by atoms with Crippen LogP contribution in [0.3, 0.4) is 0 Å². The summed E-state index contributed by atoms with van der Waals surface area (Å²) in [6.07, 6.45) is 4.91. The van der Waals surface area contributed by atoms with Crippen molar-refractivity contribution in [2.24, 2.45) is 0 Å². The van der Waals surface area contributed by atoms with Crippen molar-refractivity contribution in [2.75, 3.05) is 0 Å². The first-order valence-electron chi connectivity index (χ1n) is 10.9. The Hall–Kier alpha value is -2.22. The number of hydrogen-bond acceptors (Lipinski definition) is 2. The van der Waals surface area contributed by atoms with Crippen molar-refractivity contribution in [1.29, 1.82) is 0 Å². The van der Waals surface area contributed by atoms with Crippen LogP contribution in [0.2, 0.25) is 0 Å². The fraction of sp³-hybridized carbons (Fsp3) is 0.481. The van der Waals surface area contributed by atoms with E-state index in [1.165, 1.54) is 35.1 Å². The van der Waals surface area contributed by atoms with Gasteiger partial charge in [-0.25, -0.2) is 0 Å². The Balaban J connectivity index is 0.000000989. The number of hydrogen-bond donors (Lipinski definition) is 0. The molecule has 0 unspecified atom stereocenters. The van der Waals surface area contributed by atoms with Crippen LogP contribution in [0, 0.1) is 6.92 Å². The predicted molar refractivity (Wildman–Crippen MR) is 127 cm³/mol. The van der Waals surface area contributed by atoms with Crippen LogP contribution < -0.4 is 0 Å². The molecule has 2 nitrogen and oxygen atoms in total. The van der Waals surface area contributed by atoms with Gasteiger partial charge in [-0.3, -0.25) is 9.78 Å². The maximum atomic E-state index is 10.8. The number of aldehydes is 1. The van der Waals surface area contributed by atoms with Crippen LogP contribution in [0.15, 0.2) is 37.0 Å². The second-order valence-corrected chi connectivity index (χ2v) is 8.55. The molecule has 0 atom stereocenters. The molecule has 0 bridgehead atoms. The van der Waals surface area contributed by atoms with Gasteiger partial charge in [0.25, 0.3) is 0 Å². The standard InChI is InChI=1S/C23H27NO.2C2H6/c1-15-11-20-21(23(5,6)10-9-22(20,3)4)12-19(15)16(2)17-7-8-18(14-25)24-13-17;2*1-2/h7-8,11-14H,2,9-10H2,1,3-6H3;2*1-2H3. The molecule has 0 spiro atoms. The van der Waals surface area contributed by atoms with Crippen molar-refractivity contribution in [2.45, 2.75) is 86.0 Å². The third-order valence-corrected chi connectivity index (χ3v) is 5.78. The Labute approximate surface area is 178 Å². The summed E-state index contributed by atoms with van der Waals surface area (Å²) in [7, 11) is 0. The highest BCUT2D eigenvalue weighted by Gasteiger charge is 2.37. The van der Waals surface area contributed by atoms with E-state index in [0.29, 0.717) is 5.69 Å². The quantitative estimate of drug-likeness (QED) is 0.501. The lowest BCUT2D eigenvalue weighted by Crippen LogP contribution is -2.34. The fourth-order valence-electron chi connectivity index (χ4n) is 3.86. The van der Waals surface area contributed by atoms with E-state index in [1.54, 1.807) is 12.3 Å². The number of carbonyl (C=O) groups is 1. The first kappa shape index (κ1) is 24.8. The molecule has 0 saturated heterocycles. The van der Waals surface area contributed by atoms with Crippen molar-refractivity contribution in [3.8, 4) is 0 Å². The van der Waals surface area contributed by atoms with Crippen LogP contribution in [-0.4, -0.2) is 11.3 Å². The number of carbonyl (C=O) groups excluding carboxylic acids is 1. The molecule has 3 rings (SSSR count). The van der Waals surface area contributed by atoms with Crippen LogP contribution >= 0.6 is 0 Å².